The van der Waals surface area contributed by atoms with E-state index in [0.717, 1.165) is 42.6 Å². The smallest absolute Gasteiger partial charge is 0.191 e. The topological polar surface area (TPSA) is 54.5 Å². The number of hydrogen-bond acceptors (Lipinski definition) is 4. The third kappa shape index (κ3) is 4.38. The molecule has 0 spiro atoms. The third-order valence-electron chi connectivity index (χ3n) is 3.25. The summed E-state index contributed by atoms with van der Waals surface area (Å²) in [6.07, 6.45) is 0.879. The van der Waals surface area contributed by atoms with Crippen molar-refractivity contribution in [1.29, 1.82) is 0 Å². The van der Waals surface area contributed by atoms with Gasteiger partial charge < -0.3 is 10.6 Å². The molecule has 1 aliphatic heterocycles. The van der Waals surface area contributed by atoms with Crippen molar-refractivity contribution in [3.8, 4) is 0 Å². The summed E-state index contributed by atoms with van der Waals surface area (Å²) in [5.74, 6) is 2.99. The molecule has 0 aromatic carbocycles. The average molecular weight is 313 g/mol. The van der Waals surface area contributed by atoms with Gasteiger partial charge in [-0.05, 0) is 0 Å². The van der Waals surface area contributed by atoms with Gasteiger partial charge in [0, 0.05) is 48.4 Å². The van der Waals surface area contributed by atoms with Crippen LogP contribution in [0.15, 0.2) is 10.4 Å². The molecule has 0 bridgehead atoms. The van der Waals surface area contributed by atoms with E-state index in [0.29, 0.717) is 5.96 Å². The molecule has 4 nitrogen and oxygen atoms in total. The lowest BCUT2D eigenvalue weighted by Gasteiger charge is -2.27. The Labute approximate surface area is 129 Å². The van der Waals surface area contributed by atoms with E-state index in [1.807, 2.05) is 11.8 Å². The molecule has 1 saturated heterocycles. The van der Waals surface area contributed by atoms with E-state index in [1.54, 1.807) is 11.3 Å². The molecule has 1 aliphatic rings. The molecule has 0 radical (unpaired) electrons. The van der Waals surface area contributed by atoms with Crippen LogP contribution in [0.25, 0.3) is 0 Å². The molecule has 0 saturated carbocycles. The number of guanidine groups is 1. The van der Waals surface area contributed by atoms with Crippen molar-refractivity contribution in [3.05, 3.63) is 16.1 Å². The average Bonchev–Trinajstić information content (AvgIpc) is 2.88. The highest BCUT2D eigenvalue weighted by Crippen LogP contribution is 2.24. The summed E-state index contributed by atoms with van der Waals surface area (Å²) in [4.78, 5) is 11.4. The predicted molar refractivity (Wildman–Crippen MR) is 89.9 cm³/mol. The predicted octanol–water partition coefficient (Wildman–Crippen LogP) is 2.35. The van der Waals surface area contributed by atoms with Gasteiger partial charge in [-0.2, -0.15) is 11.8 Å². The van der Waals surface area contributed by atoms with Gasteiger partial charge >= 0.3 is 0 Å². The van der Waals surface area contributed by atoms with Crippen LogP contribution in [0.1, 0.15) is 31.5 Å². The molecule has 20 heavy (non-hydrogen) atoms. The standard InChI is InChI=1S/C14H24N4S2/c1-14(2,3)11-10-20-12(17-11)4-5-16-13(15)18-6-8-19-9-7-18/h10H,4-9H2,1-3H3,(H2,15,16). The summed E-state index contributed by atoms with van der Waals surface area (Å²) in [6.45, 7) is 9.34. The maximum Gasteiger partial charge on any atom is 0.191 e. The van der Waals surface area contributed by atoms with Gasteiger partial charge in [-0.3, -0.25) is 4.99 Å². The second-order valence-electron chi connectivity index (χ2n) is 5.97. The summed E-state index contributed by atoms with van der Waals surface area (Å²) in [5.41, 5.74) is 7.33. The van der Waals surface area contributed by atoms with Crippen LogP contribution in [0.2, 0.25) is 0 Å². The van der Waals surface area contributed by atoms with Gasteiger partial charge in [0.1, 0.15) is 0 Å². The first-order valence-electron chi connectivity index (χ1n) is 7.04. The van der Waals surface area contributed by atoms with Crippen LogP contribution >= 0.6 is 23.1 Å². The van der Waals surface area contributed by atoms with E-state index < -0.39 is 0 Å². The van der Waals surface area contributed by atoms with Gasteiger partial charge in [-0.1, -0.05) is 20.8 Å². The highest BCUT2D eigenvalue weighted by molar-refractivity contribution is 7.99. The lowest BCUT2D eigenvalue weighted by molar-refractivity contribution is 0.456. The number of hydrogen-bond donors (Lipinski definition) is 1. The van der Waals surface area contributed by atoms with E-state index in [4.69, 9.17) is 5.73 Å². The van der Waals surface area contributed by atoms with Crippen molar-refractivity contribution < 1.29 is 0 Å². The fraction of sp³-hybridized carbons (Fsp3) is 0.714. The largest absolute Gasteiger partial charge is 0.370 e. The Morgan fingerprint density at radius 3 is 2.70 bits per heavy atom. The Hall–Kier alpha value is -0.750. The minimum Gasteiger partial charge on any atom is -0.370 e. The lowest BCUT2D eigenvalue weighted by atomic mass is 9.93. The van der Waals surface area contributed by atoms with Crippen LogP contribution in [0, 0.1) is 0 Å². The van der Waals surface area contributed by atoms with Gasteiger partial charge in [-0.15, -0.1) is 11.3 Å². The number of nitrogens with zero attached hydrogens (tertiary/aromatic N) is 3. The van der Waals surface area contributed by atoms with Crippen molar-refractivity contribution in [3.63, 3.8) is 0 Å². The van der Waals surface area contributed by atoms with Gasteiger partial charge in [0.25, 0.3) is 0 Å². The summed E-state index contributed by atoms with van der Waals surface area (Å²) >= 11 is 3.71. The van der Waals surface area contributed by atoms with Crippen molar-refractivity contribution in [2.75, 3.05) is 31.1 Å². The number of thiazole rings is 1. The number of rotatable bonds is 3. The van der Waals surface area contributed by atoms with Gasteiger partial charge in [-0.25, -0.2) is 4.98 Å². The van der Waals surface area contributed by atoms with E-state index in [2.05, 4.69) is 41.0 Å². The van der Waals surface area contributed by atoms with Crippen molar-refractivity contribution in [1.82, 2.24) is 9.88 Å². The van der Waals surface area contributed by atoms with Crippen LogP contribution in [-0.2, 0) is 11.8 Å². The van der Waals surface area contributed by atoms with Crippen molar-refractivity contribution in [2.45, 2.75) is 32.6 Å². The van der Waals surface area contributed by atoms with E-state index in [9.17, 15) is 0 Å². The molecular formula is C14H24N4S2. The highest BCUT2D eigenvalue weighted by Gasteiger charge is 2.17. The second-order valence-corrected chi connectivity index (χ2v) is 8.13. The van der Waals surface area contributed by atoms with Crippen LogP contribution in [0.3, 0.4) is 0 Å². The molecule has 1 aromatic heterocycles. The second kappa shape index (κ2) is 6.80. The molecular weight excluding hydrogens is 288 g/mol. The molecule has 1 fully saturated rings. The number of thioether (sulfide) groups is 1. The van der Waals surface area contributed by atoms with Gasteiger partial charge in [0.05, 0.1) is 10.7 Å². The van der Waals surface area contributed by atoms with E-state index >= 15 is 0 Å². The Morgan fingerprint density at radius 2 is 2.10 bits per heavy atom. The SMILES string of the molecule is CC(C)(C)c1csc(CCN=C(N)N2CCSCC2)n1. The fourth-order valence-electron chi connectivity index (χ4n) is 1.93. The summed E-state index contributed by atoms with van der Waals surface area (Å²) in [7, 11) is 0. The monoisotopic (exact) mass is 312 g/mol. The minimum atomic E-state index is 0.127. The third-order valence-corrected chi connectivity index (χ3v) is 5.11. The fourth-order valence-corrected chi connectivity index (χ4v) is 3.85. The van der Waals surface area contributed by atoms with E-state index in [1.165, 1.54) is 5.69 Å². The van der Waals surface area contributed by atoms with Crippen molar-refractivity contribution >= 4 is 29.1 Å². The zero-order chi connectivity index (χ0) is 14.6. The Balaban J connectivity index is 1.84. The maximum absolute atomic E-state index is 6.04. The molecule has 0 amide bonds. The number of aliphatic imine (C=N–C) groups is 1. The lowest BCUT2D eigenvalue weighted by Crippen LogP contribution is -2.42. The number of aromatic nitrogens is 1. The first-order chi connectivity index (χ1) is 9.47. The molecule has 0 aliphatic carbocycles. The summed E-state index contributed by atoms with van der Waals surface area (Å²) < 4.78 is 0. The molecule has 112 valence electrons. The molecule has 6 heteroatoms. The van der Waals surface area contributed by atoms with E-state index in [-0.39, 0.29) is 5.41 Å². The zero-order valence-electron chi connectivity index (χ0n) is 12.6. The van der Waals surface area contributed by atoms with Gasteiger partial charge in [0.15, 0.2) is 5.96 Å². The van der Waals surface area contributed by atoms with Gasteiger partial charge in [0.2, 0.25) is 0 Å². The van der Waals surface area contributed by atoms with Crippen molar-refractivity contribution in [2.24, 2.45) is 10.7 Å². The quantitative estimate of drug-likeness (QED) is 0.687. The van der Waals surface area contributed by atoms with Crippen LogP contribution < -0.4 is 5.73 Å². The molecule has 2 heterocycles. The maximum atomic E-state index is 6.04. The van der Waals surface area contributed by atoms with Crippen LogP contribution in [-0.4, -0.2) is 47.0 Å². The molecule has 0 atom stereocenters. The first-order valence-corrected chi connectivity index (χ1v) is 9.08. The molecule has 2 rings (SSSR count). The van der Waals surface area contributed by atoms with Crippen LogP contribution in [0.4, 0.5) is 0 Å². The minimum absolute atomic E-state index is 0.127. The Bertz CT molecular complexity index is 456. The molecule has 1 aromatic rings. The zero-order valence-corrected chi connectivity index (χ0v) is 14.2. The summed E-state index contributed by atoms with van der Waals surface area (Å²) in [5, 5.41) is 3.31. The van der Waals surface area contributed by atoms with Crippen LogP contribution in [0.5, 0.6) is 0 Å². The highest BCUT2D eigenvalue weighted by atomic mass is 32.2. The Kier molecular flexibility index (Phi) is 5.32. The Morgan fingerprint density at radius 1 is 1.40 bits per heavy atom. The normalized spacial score (nSPS) is 17.6. The summed E-state index contributed by atoms with van der Waals surface area (Å²) in [6, 6.07) is 0. The molecule has 2 N–H and O–H groups in total. The molecule has 0 unspecified atom stereocenters. The first kappa shape index (κ1) is 15.6. The number of nitrogens with two attached hydrogens (primary N) is 1.